The van der Waals surface area contributed by atoms with Gasteiger partial charge in [0.15, 0.2) is 0 Å². The van der Waals surface area contributed by atoms with E-state index in [9.17, 15) is 9.90 Å². The Balaban J connectivity index is 1.98. The number of carbonyl (C=O) groups is 1. The lowest BCUT2D eigenvalue weighted by Gasteiger charge is -2.21. The fourth-order valence-corrected chi connectivity index (χ4v) is 2.04. The summed E-state index contributed by atoms with van der Waals surface area (Å²) in [5.74, 6) is 0.852. The summed E-state index contributed by atoms with van der Waals surface area (Å²) in [6, 6.07) is 7.69. The minimum atomic E-state index is -1.31. The van der Waals surface area contributed by atoms with E-state index >= 15 is 0 Å². The molecule has 1 atom stereocenters. The van der Waals surface area contributed by atoms with Crippen LogP contribution in [0.1, 0.15) is 12.7 Å². The zero-order chi connectivity index (χ0) is 16.2. The van der Waals surface area contributed by atoms with Crippen molar-refractivity contribution >= 4 is 23.3 Å². The molecule has 3 N–H and O–H groups in total. The smallest absolute Gasteiger partial charge is 0.319 e. The first-order chi connectivity index (χ1) is 10.4. The van der Waals surface area contributed by atoms with Crippen molar-refractivity contribution in [1.29, 1.82) is 0 Å². The molecule has 0 saturated heterocycles. The summed E-state index contributed by atoms with van der Waals surface area (Å²) < 4.78 is 10.3. The van der Waals surface area contributed by atoms with Gasteiger partial charge >= 0.3 is 6.03 Å². The van der Waals surface area contributed by atoms with Gasteiger partial charge in [0.2, 0.25) is 0 Å². The number of benzene rings is 1. The number of ether oxygens (including phenoxy) is 1. The Bertz CT molecular complexity index is 641. The maximum absolute atomic E-state index is 11.9. The van der Waals surface area contributed by atoms with Gasteiger partial charge < -0.3 is 24.9 Å². The third-order valence-corrected chi connectivity index (χ3v) is 3.29. The number of anilines is 1. The lowest BCUT2D eigenvalue weighted by Crippen LogP contribution is -2.40. The highest BCUT2D eigenvalue weighted by Gasteiger charge is 2.26. The quantitative estimate of drug-likeness (QED) is 0.789. The predicted octanol–water partition coefficient (Wildman–Crippen LogP) is 2.97. The van der Waals surface area contributed by atoms with Gasteiger partial charge in [0.25, 0.3) is 0 Å². The minimum absolute atomic E-state index is 0.0186. The number of aliphatic hydroxyl groups is 1. The molecule has 1 heterocycles. The summed E-state index contributed by atoms with van der Waals surface area (Å²) in [5.41, 5.74) is -0.871. The summed E-state index contributed by atoms with van der Waals surface area (Å²) in [6.45, 7) is 1.53. The molecule has 2 aromatic rings. The topological polar surface area (TPSA) is 83.7 Å². The first kappa shape index (κ1) is 16.2. The monoisotopic (exact) mass is 324 g/mol. The molecule has 7 heteroatoms. The SMILES string of the molecule is COc1ccc(Cl)cc1NC(=O)NCC(C)(O)c1ccco1. The van der Waals surface area contributed by atoms with Gasteiger partial charge in [-0.05, 0) is 37.3 Å². The molecule has 2 amide bonds. The Morgan fingerprint density at radius 1 is 1.45 bits per heavy atom. The minimum Gasteiger partial charge on any atom is -0.495 e. The molecule has 0 bridgehead atoms. The second-order valence-corrected chi connectivity index (χ2v) is 5.34. The zero-order valence-electron chi connectivity index (χ0n) is 12.2. The summed E-state index contributed by atoms with van der Waals surface area (Å²) in [4.78, 5) is 11.9. The van der Waals surface area contributed by atoms with Gasteiger partial charge in [0.05, 0.1) is 25.6 Å². The van der Waals surface area contributed by atoms with E-state index in [-0.39, 0.29) is 6.54 Å². The fraction of sp³-hybridized carbons (Fsp3) is 0.267. The molecule has 1 aromatic carbocycles. The first-order valence-corrected chi connectivity index (χ1v) is 6.95. The average Bonchev–Trinajstić information content (AvgIpc) is 3.01. The van der Waals surface area contributed by atoms with Gasteiger partial charge in [-0.15, -0.1) is 0 Å². The van der Waals surface area contributed by atoms with Crippen molar-refractivity contribution in [1.82, 2.24) is 5.32 Å². The number of furan rings is 1. The lowest BCUT2D eigenvalue weighted by molar-refractivity contribution is 0.0372. The van der Waals surface area contributed by atoms with Crippen molar-refractivity contribution in [3.05, 3.63) is 47.4 Å². The molecule has 118 valence electrons. The van der Waals surface area contributed by atoms with Crippen molar-refractivity contribution < 1.29 is 19.1 Å². The van der Waals surface area contributed by atoms with Crippen LogP contribution >= 0.6 is 11.6 Å². The van der Waals surface area contributed by atoms with Gasteiger partial charge in [0.1, 0.15) is 17.1 Å². The molecule has 0 aliphatic rings. The van der Waals surface area contributed by atoms with E-state index in [1.807, 2.05) is 0 Å². The maximum atomic E-state index is 11.9. The highest BCUT2D eigenvalue weighted by atomic mass is 35.5. The normalized spacial score (nSPS) is 13.3. The Labute approximate surface area is 133 Å². The third-order valence-electron chi connectivity index (χ3n) is 3.05. The largest absolute Gasteiger partial charge is 0.495 e. The van der Waals surface area contributed by atoms with Crippen LogP contribution in [0.5, 0.6) is 5.75 Å². The molecule has 0 aliphatic heterocycles. The van der Waals surface area contributed by atoms with Crippen LogP contribution in [0.3, 0.4) is 0 Å². The molecule has 1 unspecified atom stereocenters. The van der Waals surface area contributed by atoms with E-state index in [4.69, 9.17) is 20.8 Å². The van der Waals surface area contributed by atoms with Crippen LogP contribution in [-0.4, -0.2) is 24.8 Å². The van der Waals surface area contributed by atoms with Crippen molar-refractivity contribution in [3.8, 4) is 5.75 Å². The molecule has 0 saturated carbocycles. The zero-order valence-corrected chi connectivity index (χ0v) is 13.0. The Morgan fingerprint density at radius 3 is 2.86 bits per heavy atom. The van der Waals surface area contributed by atoms with E-state index in [2.05, 4.69) is 10.6 Å². The number of carbonyl (C=O) groups excluding carboxylic acids is 1. The van der Waals surface area contributed by atoms with Crippen molar-refractivity contribution in [2.75, 3.05) is 19.0 Å². The molecule has 6 nitrogen and oxygen atoms in total. The van der Waals surface area contributed by atoms with E-state index in [1.54, 1.807) is 37.3 Å². The van der Waals surface area contributed by atoms with Crippen LogP contribution in [0.4, 0.5) is 10.5 Å². The van der Waals surface area contributed by atoms with E-state index in [1.165, 1.54) is 13.4 Å². The standard InChI is InChI=1S/C15H17ClN2O4/c1-15(20,13-4-3-7-22-13)9-17-14(19)18-11-8-10(16)5-6-12(11)21-2/h3-8,20H,9H2,1-2H3,(H2,17,18,19). The molecular formula is C15H17ClN2O4. The number of rotatable bonds is 5. The van der Waals surface area contributed by atoms with Crippen LogP contribution in [0, 0.1) is 0 Å². The van der Waals surface area contributed by atoms with Gasteiger partial charge in [-0.2, -0.15) is 0 Å². The number of hydrogen-bond acceptors (Lipinski definition) is 4. The van der Waals surface area contributed by atoms with Gasteiger partial charge in [-0.3, -0.25) is 0 Å². The number of methoxy groups -OCH3 is 1. The molecule has 0 aliphatic carbocycles. The van der Waals surface area contributed by atoms with Crippen LogP contribution in [0.25, 0.3) is 0 Å². The van der Waals surface area contributed by atoms with Gasteiger partial charge in [-0.25, -0.2) is 4.79 Å². The van der Waals surface area contributed by atoms with Crippen molar-refractivity contribution in [2.45, 2.75) is 12.5 Å². The highest BCUT2D eigenvalue weighted by Crippen LogP contribution is 2.27. The lowest BCUT2D eigenvalue weighted by atomic mass is 10.0. The summed E-state index contributed by atoms with van der Waals surface area (Å²) in [7, 11) is 1.49. The van der Waals surface area contributed by atoms with Crippen LogP contribution in [0.15, 0.2) is 41.0 Å². The fourth-order valence-electron chi connectivity index (χ4n) is 1.87. The molecule has 0 radical (unpaired) electrons. The second kappa shape index (κ2) is 6.72. The molecular weight excluding hydrogens is 308 g/mol. The molecule has 2 rings (SSSR count). The maximum Gasteiger partial charge on any atom is 0.319 e. The van der Waals surface area contributed by atoms with E-state index in [0.717, 1.165) is 0 Å². The van der Waals surface area contributed by atoms with Crippen molar-refractivity contribution in [2.24, 2.45) is 0 Å². The van der Waals surface area contributed by atoms with Crippen molar-refractivity contribution in [3.63, 3.8) is 0 Å². The highest BCUT2D eigenvalue weighted by molar-refractivity contribution is 6.31. The summed E-state index contributed by atoms with van der Waals surface area (Å²) >= 11 is 5.89. The third kappa shape index (κ3) is 3.93. The first-order valence-electron chi connectivity index (χ1n) is 6.57. The molecule has 0 fully saturated rings. The number of amides is 2. The molecule has 1 aromatic heterocycles. The Morgan fingerprint density at radius 2 is 2.23 bits per heavy atom. The summed E-state index contributed by atoms with van der Waals surface area (Å²) in [5, 5.41) is 15.9. The number of nitrogens with one attached hydrogen (secondary N) is 2. The predicted molar refractivity (Wildman–Crippen MR) is 83.3 cm³/mol. The van der Waals surface area contributed by atoms with Crippen LogP contribution in [-0.2, 0) is 5.60 Å². The van der Waals surface area contributed by atoms with Gasteiger partial charge in [-0.1, -0.05) is 11.6 Å². The Kier molecular flexibility index (Phi) is 4.95. The van der Waals surface area contributed by atoms with Crippen LogP contribution in [0.2, 0.25) is 5.02 Å². The summed E-state index contributed by atoms with van der Waals surface area (Å²) in [6.07, 6.45) is 1.46. The number of urea groups is 1. The number of halogens is 1. The van der Waals surface area contributed by atoms with Crippen LogP contribution < -0.4 is 15.4 Å². The van der Waals surface area contributed by atoms with Gasteiger partial charge in [0, 0.05) is 5.02 Å². The Hall–Kier alpha value is -2.18. The average molecular weight is 325 g/mol. The van der Waals surface area contributed by atoms with E-state index in [0.29, 0.717) is 22.2 Å². The number of hydrogen-bond donors (Lipinski definition) is 3. The molecule has 0 spiro atoms. The second-order valence-electron chi connectivity index (χ2n) is 4.90. The van der Waals surface area contributed by atoms with E-state index < -0.39 is 11.6 Å². The molecule has 22 heavy (non-hydrogen) atoms.